The van der Waals surface area contributed by atoms with Crippen molar-refractivity contribution in [3.8, 4) is 10.6 Å². The number of Topliss-reactive ketones (excluding diaryl/α,β-unsaturated/α-hetero) is 1. The number of thiazole rings is 1. The van der Waals surface area contributed by atoms with E-state index in [4.69, 9.17) is 9.72 Å². The van der Waals surface area contributed by atoms with Crippen molar-refractivity contribution in [2.24, 2.45) is 5.92 Å². The van der Waals surface area contributed by atoms with Gasteiger partial charge in [-0.2, -0.15) is 0 Å². The van der Waals surface area contributed by atoms with Crippen molar-refractivity contribution in [2.75, 3.05) is 26.3 Å². The minimum absolute atomic E-state index is 0.145. The molecule has 0 aliphatic carbocycles. The fourth-order valence-electron chi connectivity index (χ4n) is 3.98. The molecule has 2 aliphatic heterocycles. The summed E-state index contributed by atoms with van der Waals surface area (Å²) in [6.07, 6.45) is 5.92. The number of aromatic nitrogens is 3. The highest BCUT2D eigenvalue weighted by Gasteiger charge is 2.31. The van der Waals surface area contributed by atoms with Crippen LogP contribution in [0.1, 0.15) is 18.5 Å². The second kappa shape index (κ2) is 7.66. The van der Waals surface area contributed by atoms with Gasteiger partial charge in [0.25, 0.3) is 0 Å². The fourth-order valence-corrected chi connectivity index (χ4v) is 4.57. The Labute approximate surface area is 167 Å². The van der Waals surface area contributed by atoms with E-state index in [1.807, 2.05) is 30.6 Å². The van der Waals surface area contributed by atoms with Crippen LogP contribution in [0, 0.1) is 5.92 Å². The van der Waals surface area contributed by atoms with Crippen LogP contribution in [-0.2, 0) is 16.0 Å². The Hall–Kier alpha value is -2.22. The molecule has 5 heterocycles. The lowest BCUT2D eigenvalue weighted by Gasteiger charge is -2.41. The Morgan fingerprint density at radius 1 is 1.21 bits per heavy atom. The zero-order valence-electron chi connectivity index (χ0n) is 15.6. The molecule has 0 radical (unpaired) electrons. The van der Waals surface area contributed by atoms with E-state index in [-0.39, 0.29) is 5.92 Å². The van der Waals surface area contributed by atoms with E-state index in [1.54, 1.807) is 16.8 Å². The molecule has 6 nitrogen and oxygen atoms in total. The summed E-state index contributed by atoms with van der Waals surface area (Å²) in [5.41, 5.74) is 4.40. The first-order valence-corrected chi connectivity index (χ1v) is 10.6. The topological polar surface area (TPSA) is 68.2 Å². The third kappa shape index (κ3) is 3.57. The molecule has 0 unspecified atom stereocenters. The maximum Gasteiger partial charge on any atom is 0.142 e. The van der Waals surface area contributed by atoms with Gasteiger partial charge in [-0.1, -0.05) is 0 Å². The lowest BCUT2D eigenvalue weighted by atomic mass is 9.89. The summed E-state index contributed by atoms with van der Waals surface area (Å²) >= 11 is 1.57. The van der Waals surface area contributed by atoms with Gasteiger partial charge in [0.15, 0.2) is 0 Å². The smallest absolute Gasteiger partial charge is 0.142 e. The molecule has 0 atom stereocenters. The molecule has 28 heavy (non-hydrogen) atoms. The Kier molecular flexibility index (Phi) is 4.88. The molecule has 0 bridgehead atoms. The summed E-state index contributed by atoms with van der Waals surface area (Å²) in [7, 11) is 0. The number of ether oxygens (including phenoxy) is 1. The van der Waals surface area contributed by atoms with Gasteiger partial charge in [0.05, 0.1) is 40.9 Å². The Bertz CT molecular complexity index is 979. The van der Waals surface area contributed by atoms with Crippen molar-refractivity contribution < 1.29 is 9.53 Å². The van der Waals surface area contributed by atoms with Crippen LogP contribution < -0.4 is 0 Å². The second-order valence-electron chi connectivity index (χ2n) is 7.58. The van der Waals surface area contributed by atoms with Crippen LogP contribution in [0.2, 0.25) is 0 Å². The highest BCUT2D eigenvalue weighted by Crippen LogP contribution is 2.26. The molecule has 0 N–H and O–H groups in total. The number of carbonyl (C=O) groups excluding carboxylic acids is 1. The van der Waals surface area contributed by atoms with Crippen molar-refractivity contribution in [3.05, 3.63) is 41.8 Å². The quantitative estimate of drug-likeness (QED) is 0.663. The molecule has 3 aromatic heterocycles. The first kappa shape index (κ1) is 17.8. The zero-order chi connectivity index (χ0) is 18.9. The maximum atomic E-state index is 12.8. The number of nitrogens with zero attached hydrogens (tertiary/aromatic N) is 4. The molecular formula is C21H22N4O2S. The molecule has 0 amide bonds. The summed E-state index contributed by atoms with van der Waals surface area (Å²) in [6, 6.07) is 6.54. The van der Waals surface area contributed by atoms with Gasteiger partial charge in [0.1, 0.15) is 5.78 Å². The largest absolute Gasteiger partial charge is 0.378 e. The highest BCUT2D eigenvalue weighted by atomic mass is 32.1. The van der Waals surface area contributed by atoms with Crippen molar-refractivity contribution in [3.63, 3.8) is 0 Å². The van der Waals surface area contributed by atoms with Crippen LogP contribution in [0.15, 0.2) is 36.1 Å². The average Bonchev–Trinajstić information content (AvgIpc) is 3.21. The number of hydrogen-bond donors (Lipinski definition) is 0. The number of carbonyl (C=O) groups is 1. The van der Waals surface area contributed by atoms with E-state index < -0.39 is 0 Å². The minimum atomic E-state index is 0.145. The van der Waals surface area contributed by atoms with E-state index >= 15 is 0 Å². The van der Waals surface area contributed by atoms with E-state index in [1.165, 1.54) is 0 Å². The molecule has 0 saturated carbocycles. The van der Waals surface area contributed by atoms with Crippen LogP contribution in [0.25, 0.3) is 21.5 Å². The van der Waals surface area contributed by atoms with Crippen molar-refractivity contribution in [1.29, 1.82) is 0 Å². The van der Waals surface area contributed by atoms with Crippen LogP contribution in [-0.4, -0.2) is 58.0 Å². The third-order valence-electron chi connectivity index (χ3n) is 5.79. The van der Waals surface area contributed by atoms with Gasteiger partial charge in [-0.3, -0.25) is 19.7 Å². The normalized spacial score (nSPS) is 19.0. The van der Waals surface area contributed by atoms with Gasteiger partial charge in [0, 0.05) is 35.8 Å². The van der Waals surface area contributed by atoms with Crippen molar-refractivity contribution >= 4 is 28.0 Å². The lowest BCUT2D eigenvalue weighted by molar-refractivity contribution is -0.125. The average molecular weight is 395 g/mol. The van der Waals surface area contributed by atoms with Crippen LogP contribution >= 0.6 is 11.3 Å². The minimum Gasteiger partial charge on any atom is -0.378 e. The molecule has 144 valence electrons. The summed E-state index contributed by atoms with van der Waals surface area (Å²) in [4.78, 5) is 29.7. The van der Waals surface area contributed by atoms with Gasteiger partial charge >= 0.3 is 0 Å². The molecule has 2 aliphatic rings. The molecule has 5 rings (SSSR count). The SMILES string of the molecule is O=C(Cc1cc2nc(-c3cncs3)ccc2cn1)C1CCN(C2COC2)CC1. The van der Waals surface area contributed by atoms with E-state index in [0.29, 0.717) is 18.2 Å². The Morgan fingerprint density at radius 3 is 2.79 bits per heavy atom. The van der Waals surface area contributed by atoms with Crippen LogP contribution in [0.4, 0.5) is 0 Å². The summed E-state index contributed by atoms with van der Waals surface area (Å²) < 4.78 is 5.28. The second-order valence-corrected chi connectivity index (χ2v) is 8.46. The monoisotopic (exact) mass is 394 g/mol. The molecule has 0 aromatic carbocycles. The summed E-state index contributed by atoms with van der Waals surface area (Å²) in [5.74, 6) is 0.446. The number of rotatable bonds is 5. The lowest BCUT2D eigenvalue weighted by Crippen LogP contribution is -2.52. The molecule has 2 fully saturated rings. The van der Waals surface area contributed by atoms with E-state index in [0.717, 1.165) is 66.3 Å². The van der Waals surface area contributed by atoms with Gasteiger partial charge in [-0.05, 0) is 44.1 Å². The Balaban J connectivity index is 1.27. The summed E-state index contributed by atoms with van der Waals surface area (Å²) in [6.45, 7) is 3.68. The maximum absolute atomic E-state index is 12.8. The number of fused-ring (bicyclic) bond motifs is 1. The highest BCUT2D eigenvalue weighted by molar-refractivity contribution is 7.13. The van der Waals surface area contributed by atoms with Gasteiger partial charge in [-0.25, -0.2) is 4.98 Å². The molecule has 2 saturated heterocycles. The number of likely N-dealkylation sites (tertiary alicyclic amines) is 1. The molecule has 7 heteroatoms. The summed E-state index contributed by atoms with van der Waals surface area (Å²) in [5, 5.41) is 0.987. The van der Waals surface area contributed by atoms with Crippen LogP contribution in [0.5, 0.6) is 0 Å². The van der Waals surface area contributed by atoms with Crippen molar-refractivity contribution in [2.45, 2.75) is 25.3 Å². The van der Waals surface area contributed by atoms with Gasteiger partial charge < -0.3 is 4.74 Å². The Morgan fingerprint density at radius 2 is 2.07 bits per heavy atom. The predicted molar refractivity (Wildman–Crippen MR) is 108 cm³/mol. The first-order chi connectivity index (χ1) is 13.8. The van der Waals surface area contributed by atoms with Crippen molar-refractivity contribution in [1.82, 2.24) is 19.9 Å². The number of piperidine rings is 1. The third-order valence-corrected chi connectivity index (χ3v) is 6.59. The van der Waals surface area contributed by atoms with Gasteiger partial charge in [0.2, 0.25) is 0 Å². The standard InChI is InChI=1S/C21H22N4O2S/c26-20(14-3-5-25(6-4-14)17-11-27-12-17)8-16-7-19-15(9-23-16)1-2-18(24-19)21-10-22-13-28-21/h1-2,7,9-10,13-14,17H,3-6,8,11-12H2. The van der Waals surface area contributed by atoms with Crippen LogP contribution in [0.3, 0.4) is 0 Å². The zero-order valence-corrected chi connectivity index (χ0v) is 16.4. The molecule has 0 spiro atoms. The van der Waals surface area contributed by atoms with E-state index in [9.17, 15) is 4.79 Å². The fraction of sp³-hybridized carbons (Fsp3) is 0.429. The van der Waals surface area contributed by atoms with Gasteiger partial charge in [-0.15, -0.1) is 11.3 Å². The number of pyridine rings is 2. The molecule has 3 aromatic rings. The number of hydrogen-bond acceptors (Lipinski definition) is 7. The molecular weight excluding hydrogens is 372 g/mol. The van der Waals surface area contributed by atoms with E-state index in [2.05, 4.69) is 14.9 Å². The predicted octanol–water partition coefficient (Wildman–Crippen LogP) is 2.98. The first-order valence-electron chi connectivity index (χ1n) is 9.75. The number of ketones is 1.